The van der Waals surface area contributed by atoms with E-state index in [-0.39, 0.29) is 0 Å². The van der Waals surface area contributed by atoms with Gasteiger partial charge in [0, 0.05) is 17.2 Å². The van der Waals surface area contributed by atoms with Crippen LogP contribution in [-0.2, 0) is 6.42 Å². The molecule has 0 aliphatic rings. The van der Waals surface area contributed by atoms with Crippen molar-refractivity contribution in [2.24, 2.45) is 5.73 Å². The Kier molecular flexibility index (Phi) is 4.82. The van der Waals surface area contributed by atoms with E-state index < -0.39 is 12.7 Å². The molecule has 1 rings (SSSR count). The van der Waals surface area contributed by atoms with Gasteiger partial charge in [0.05, 0.1) is 0 Å². The molecule has 0 amide bonds. The van der Waals surface area contributed by atoms with E-state index in [4.69, 9.17) is 5.73 Å². The van der Waals surface area contributed by atoms with Crippen LogP contribution in [0.25, 0.3) is 0 Å². The van der Waals surface area contributed by atoms with E-state index in [9.17, 15) is 13.2 Å². The maximum absolute atomic E-state index is 12.2. The van der Waals surface area contributed by atoms with Crippen molar-refractivity contribution < 1.29 is 13.2 Å². The fourth-order valence-electron chi connectivity index (χ4n) is 1.49. The van der Waals surface area contributed by atoms with E-state index in [0.717, 1.165) is 14.9 Å². The van der Waals surface area contributed by atoms with Gasteiger partial charge >= 0.3 is 6.18 Å². The highest BCUT2D eigenvalue weighted by atomic mass is 79.9. The van der Waals surface area contributed by atoms with Gasteiger partial charge in [-0.2, -0.15) is 13.2 Å². The van der Waals surface area contributed by atoms with Crippen LogP contribution in [0.5, 0.6) is 0 Å². The number of nitrogens with zero attached hydrogens (tertiary/aromatic N) is 1. The summed E-state index contributed by atoms with van der Waals surface area (Å²) in [5.74, 6) is 0. The number of alkyl halides is 3. The van der Waals surface area contributed by atoms with E-state index >= 15 is 0 Å². The van der Waals surface area contributed by atoms with Crippen molar-refractivity contribution in [2.75, 3.05) is 25.0 Å². The van der Waals surface area contributed by atoms with E-state index in [0.29, 0.717) is 18.7 Å². The minimum atomic E-state index is -4.20. The van der Waals surface area contributed by atoms with Crippen molar-refractivity contribution in [1.82, 2.24) is 0 Å². The Bertz CT molecular complexity index is 379. The minimum Gasteiger partial charge on any atom is -0.366 e. The lowest BCUT2D eigenvalue weighted by atomic mass is 10.1. The van der Waals surface area contributed by atoms with E-state index in [1.807, 2.05) is 0 Å². The summed E-state index contributed by atoms with van der Waals surface area (Å²) in [4.78, 5) is 1.16. The molecule has 0 saturated carbocycles. The lowest BCUT2D eigenvalue weighted by molar-refractivity contribution is -0.119. The van der Waals surface area contributed by atoms with Gasteiger partial charge in [0.15, 0.2) is 0 Å². The predicted octanol–water partition coefficient (Wildman–Crippen LogP) is 2.95. The standard InChI is InChI=1S/C11H14BrF3N2/c1-17(7-11(13,14)15)9-3-2-8(4-5-16)10(12)6-9/h2-3,6H,4-5,7,16H2,1H3. The van der Waals surface area contributed by atoms with E-state index in [1.165, 1.54) is 7.05 Å². The summed E-state index contributed by atoms with van der Waals surface area (Å²) < 4.78 is 37.5. The molecular formula is C11H14BrF3N2. The smallest absolute Gasteiger partial charge is 0.366 e. The summed E-state index contributed by atoms with van der Waals surface area (Å²) in [6, 6.07) is 5.14. The molecule has 1 aromatic rings. The molecule has 0 bridgehead atoms. The van der Waals surface area contributed by atoms with E-state index in [1.54, 1.807) is 18.2 Å². The minimum absolute atomic E-state index is 0.510. The van der Waals surface area contributed by atoms with Crippen LogP contribution in [0, 0.1) is 0 Å². The topological polar surface area (TPSA) is 29.3 Å². The first kappa shape index (κ1) is 14.3. The molecule has 6 heteroatoms. The first-order valence-electron chi connectivity index (χ1n) is 5.10. The second-order valence-corrected chi connectivity index (χ2v) is 4.64. The number of anilines is 1. The van der Waals surface area contributed by atoms with E-state index in [2.05, 4.69) is 15.9 Å². The lowest BCUT2D eigenvalue weighted by Gasteiger charge is -2.21. The van der Waals surface area contributed by atoms with Crippen LogP contribution >= 0.6 is 15.9 Å². The van der Waals surface area contributed by atoms with Gasteiger partial charge in [-0.15, -0.1) is 0 Å². The zero-order chi connectivity index (χ0) is 13.1. The summed E-state index contributed by atoms with van der Waals surface area (Å²) in [5, 5.41) is 0. The van der Waals surface area contributed by atoms with Crippen molar-refractivity contribution in [1.29, 1.82) is 0 Å². The van der Waals surface area contributed by atoms with Crippen LogP contribution in [-0.4, -0.2) is 26.3 Å². The fraction of sp³-hybridized carbons (Fsp3) is 0.455. The first-order valence-corrected chi connectivity index (χ1v) is 5.89. The molecule has 0 atom stereocenters. The Morgan fingerprint density at radius 2 is 2.00 bits per heavy atom. The zero-order valence-corrected chi connectivity index (χ0v) is 11.0. The molecule has 0 aliphatic carbocycles. The van der Waals surface area contributed by atoms with Crippen molar-refractivity contribution >= 4 is 21.6 Å². The van der Waals surface area contributed by atoms with Crippen molar-refractivity contribution in [3.8, 4) is 0 Å². The van der Waals surface area contributed by atoms with Crippen LogP contribution < -0.4 is 10.6 Å². The van der Waals surface area contributed by atoms with Gasteiger partial charge in [-0.05, 0) is 30.7 Å². The number of nitrogens with two attached hydrogens (primary N) is 1. The van der Waals surface area contributed by atoms with Gasteiger partial charge in [-0.1, -0.05) is 22.0 Å². The maximum atomic E-state index is 12.2. The summed E-state index contributed by atoms with van der Waals surface area (Å²) in [6.07, 6.45) is -3.50. The van der Waals surface area contributed by atoms with Gasteiger partial charge in [-0.25, -0.2) is 0 Å². The average molecular weight is 311 g/mol. The third kappa shape index (κ3) is 4.55. The molecule has 0 aliphatic heterocycles. The third-order valence-electron chi connectivity index (χ3n) is 2.31. The van der Waals surface area contributed by atoms with Gasteiger partial charge in [0.1, 0.15) is 6.54 Å². The molecule has 0 spiro atoms. The number of benzene rings is 1. The fourth-order valence-corrected chi connectivity index (χ4v) is 2.06. The third-order valence-corrected chi connectivity index (χ3v) is 3.05. The SMILES string of the molecule is CN(CC(F)(F)F)c1ccc(CCN)c(Br)c1. The second kappa shape index (κ2) is 5.73. The molecule has 0 fully saturated rings. The zero-order valence-electron chi connectivity index (χ0n) is 9.39. The summed E-state index contributed by atoms with van der Waals surface area (Å²) in [5.41, 5.74) is 6.95. The van der Waals surface area contributed by atoms with Gasteiger partial charge < -0.3 is 10.6 Å². The van der Waals surface area contributed by atoms with Crippen molar-refractivity contribution in [3.05, 3.63) is 28.2 Å². The summed E-state index contributed by atoms with van der Waals surface area (Å²) in [7, 11) is 1.41. The van der Waals surface area contributed by atoms with Crippen molar-refractivity contribution in [2.45, 2.75) is 12.6 Å². The molecule has 96 valence electrons. The predicted molar refractivity (Wildman–Crippen MR) is 66.2 cm³/mol. The normalized spacial score (nSPS) is 11.6. The van der Waals surface area contributed by atoms with Gasteiger partial charge in [0.2, 0.25) is 0 Å². The molecule has 0 saturated heterocycles. The molecule has 2 N–H and O–H groups in total. The molecule has 2 nitrogen and oxygen atoms in total. The Morgan fingerprint density at radius 3 is 2.47 bits per heavy atom. The number of halogens is 4. The number of rotatable bonds is 4. The van der Waals surface area contributed by atoms with Crippen molar-refractivity contribution in [3.63, 3.8) is 0 Å². The Labute approximate surface area is 107 Å². The van der Waals surface area contributed by atoms with Gasteiger partial charge in [0.25, 0.3) is 0 Å². The molecular weight excluding hydrogens is 297 g/mol. The molecule has 17 heavy (non-hydrogen) atoms. The maximum Gasteiger partial charge on any atom is 0.405 e. The quantitative estimate of drug-likeness (QED) is 0.926. The van der Waals surface area contributed by atoms with Crippen LogP contribution in [0.2, 0.25) is 0 Å². The summed E-state index contributed by atoms with van der Waals surface area (Å²) >= 11 is 3.33. The van der Waals surface area contributed by atoms with Crippen LogP contribution in [0.4, 0.5) is 18.9 Å². The van der Waals surface area contributed by atoms with Crippen LogP contribution in [0.3, 0.4) is 0 Å². The highest BCUT2D eigenvalue weighted by Crippen LogP contribution is 2.26. The van der Waals surface area contributed by atoms with Crippen LogP contribution in [0.1, 0.15) is 5.56 Å². The number of hydrogen-bond acceptors (Lipinski definition) is 2. The Hall–Kier alpha value is -0.750. The van der Waals surface area contributed by atoms with Gasteiger partial charge in [-0.3, -0.25) is 0 Å². The summed E-state index contributed by atoms with van der Waals surface area (Å²) in [6.45, 7) is -0.452. The molecule has 0 heterocycles. The molecule has 0 aromatic heterocycles. The number of hydrogen-bond donors (Lipinski definition) is 1. The Balaban J connectivity index is 2.82. The first-order chi connectivity index (χ1) is 7.83. The molecule has 1 aromatic carbocycles. The average Bonchev–Trinajstić information content (AvgIpc) is 2.18. The molecule has 0 unspecified atom stereocenters. The second-order valence-electron chi connectivity index (χ2n) is 3.79. The Morgan fingerprint density at radius 1 is 1.35 bits per heavy atom. The van der Waals surface area contributed by atoms with Crippen LogP contribution in [0.15, 0.2) is 22.7 Å². The monoisotopic (exact) mass is 310 g/mol. The highest BCUT2D eigenvalue weighted by Gasteiger charge is 2.29. The largest absolute Gasteiger partial charge is 0.405 e. The lowest BCUT2D eigenvalue weighted by Crippen LogP contribution is -2.30. The molecule has 0 radical (unpaired) electrons. The highest BCUT2D eigenvalue weighted by molar-refractivity contribution is 9.10.